The van der Waals surface area contributed by atoms with E-state index in [9.17, 15) is 22.0 Å². The van der Waals surface area contributed by atoms with Crippen molar-refractivity contribution in [2.45, 2.75) is 4.90 Å². The minimum absolute atomic E-state index is 0.0710. The Morgan fingerprint density at radius 3 is 2.60 bits per heavy atom. The number of pyridine rings is 2. The van der Waals surface area contributed by atoms with Gasteiger partial charge in [0.15, 0.2) is 0 Å². The number of halogens is 3. The fourth-order valence-corrected chi connectivity index (χ4v) is 4.49. The van der Waals surface area contributed by atoms with Gasteiger partial charge in [0.05, 0.1) is 19.9 Å². The zero-order chi connectivity index (χ0) is 25.2. The molecule has 0 bridgehead atoms. The van der Waals surface area contributed by atoms with E-state index in [2.05, 4.69) is 30.6 Å². The highest BCUT2D eigenvalue weighted by atomic mass is 79.9. The molecule has 3 aromatic heterocycles. The number of nitrogens with one attached hydrogen (secondary N) is 1. The van der Waals surface area contributed by atoms with Gasteiger partial charge in [0.25, 0.3) is 15.6 Å². The summed E-state index contributed by atoms with van der Waals surface area (Å²) in [4.78, 5) is 20.4. The van der Waals surface area contributed by atoms with Crippen molar-refractivity contribution in [1.29, 1.82) is 0 Å². The molecule has 1 N–H and O–H groups in total. The van der Waals surface area contributed by atoms with E-state index < -0.39 is 32.1 Å². The molecule has 0 unspecified atom stereocenters. The normalized spacial score (nSPS) is 11.4. The van der Waals surface area contributed by atoms with Crippen LogP contribution in [-0.4, -0.2) is 41.8 Å². The molecule has 0 aliphatic rings. The van der Waals surface area contributed by atoms with Gasteiger partial charge in [0, 0.05) is 34.9 Å². The van der Waals surface area contributed by atoms with Crippen LogP contribution in [0.4, 0.5) is 14.5 Å². The fourth-order valence-electron chi connectivity index (χ4n) is 3.22. The first kappa shape index (κ1) is 24.5. The molecular formula is C22H17BrF2N4O5S. The second-order valence-electron chi connectivity index (χ2n) is 7.07. The van der Waals surface area contributed by atoms with Crippen molar-refractivity contribution in [2.75, 3.05) is 23.8 Å². The van der Waals surface area contributed by atoms with Crippen LogP contribution in [0.15, 0.2) is 64.7 Å². The van der Waals surface area contributed by atoms with E-state index in [-0.39, 0.29) is 23.9 Å². The number of fused-ring (bicyclic) bond motifs is 1. The average molecular weight is 567 g/mol. The van der Waals surface area contributed by atoms with Crippen LogP contribution >= 0.6 is 15.9 Å². The summed E-state index contributed by atoms with van der Waals surface area (Å²) in [6.45, 7) is 0.281. The van der Waals surface area contributed by atoms with E-state index in [4.69, 9.17) is 9.47 Å². The van der Waals surface area contributed by atoms with E-state index in [1.54, 1.807) is 12.1 Å². The van der Waals surface area contributed by atoms with Crippen LogP contribution in [0.25, 0.3) is 16.8 Å². The third-order valence-electron chi connectivity index (χ3n) is 4.81. The maximum absolute atomic E-state index is 14.1. The third-order valence-corrected chi connectivity index (χ3v) is 6.53. The van der Waals surface area contributed by atoms with Gasteiger partial charge in [-0.05, 0) is 30.3 Å². The zero-order valence-corrected chi connectivity index (χ0v) is 20.4. The summed E-state index contributed by atoms with van der Waals surface area (Å²) < 4.78 is 66.9. The van der Waals surface area contributed by atoms with E-state index >= 15 is 0 Å². The minimum Gasteiger partial charge on any atom is -0.486 e. The second kappa shape index (κ2) is 9.96. The molecule has 0 amide bonds. The number of methoxy groups -OCH3 is 1. The van der Waals surface area contributed by atoms with Crippen molar-refractivity contribution in [2.24, 2.45) is 0 Å². The van der Waals surface area contributed by atoms with Gasteiger partial charge in [0.2, 0.25) is 11.6 Å². The molecule has 0 radical (unpaired) electrons. The summed E-state index contributed by atoms with van der Waals surface area (Å²) in [6, 6.07) is 6.80. The van der Waals surface area contributed by atoms with Crippen LogP contribution in [0, 0.1) is 11.6 Å². The molecule has 4 rings (SSSR count). The van der Waals surface area contributed by atoms with Crippen molar-refractivity contribution in [3.63, 3.8) is 0 Å². The largest absolute Gasteiger partial charge is 0.486 e. The quantitative estimate of drug-likeness (QED) is 0.324. The SMILES string of the molecule is COc1ncc(-c2ccc3ncc(OCCBr)c(=O)n3c2)cc1NS(=O)(=O)c1ccc(F)cc1F. The van der Waals surface area contributed by atoms with Gasteiger partial charge in [-0.3, -0.25) is 13.9 Å². The minimum atomic E-state index is -4.45. The van der Waals surface area contributed by atoms with E-state index in [0.717, 1.165) is 12.1 Å². The lowest BCUT2D eigenvalue weighted by atomic mass is 10.1. The summed E-state index contributed by atoms with van der Waals surface area (Å²) in [7, 11) is -3.16. The summed E-state index contributed by atoms with van der Waals surface area (Å²) in [6.07, 6.45) is 4.27. The number of sulfonamides is 1. The van der Waals surface area contributed by atoms with Gasteiger partial charge >= 0.3 is 0 Å². The summed E-state index contributed by atoms with van der Waals surface area (Å²) >= 11 is 3.23. The van der Waals surface area contributed by atoms with Gasteiger partial charge < -0.3 is 9.47 Å². The number of hydrogen-bond acceptors (Lipinski definition) is 7. The van der Waals surface area contributed by atoms with Crippen LogP contribution in [-0.2, 0) is 10.0 Å². The number of aromatic nitrogens is 3. The van der Waals surface area contributed by atoms with Gasteiger partial charge in [-0.15, -0.1) is 0 Å². The number of rotatable bonds is 8. The standard InChI is InChI=1S/C22H17BrF2N4O5S/c1-33-21-17(28-35(31,32)19-4-3-15(24)9-16(19)25)8-14(10-27-21)13-2-5-20-26-11-18(34-7-6-23)22(30)29(20)12-13/h2-5,8-12,28H,6-7H2,1H3. The van der Waals surface area contributed by atoms with Crippen LogP contribution in [0.3, 0.4) is 0 Å². The van der Waals surface area contributed by atoms with Crippen LogP contribution in [0.2, 0.25) is 0 Å². The molecule has 35 heavy (non-hydrogen) atoms. The Hall–Kier alpha value is -3.58. The Bertz CT molecular complexity index is 1580. The molecule has 0 saturated carbocycles. The zero-order valence-electron chi connectivity index (χ0n) is 18.0. The Kier molecular flexibility index (Phi) is 6.98. The van der Waals surface area contributed by atoms with Gasteiger partial charge in [0.1, 0.15) is 27.9 Å². The first-order valence-corrected chi connectivity index (χ1v) is 12.6. The van der Waals surface area contributed by atoms with Crippen LogP contribution in [0.5, 0.6) is 11.6 Å². The molecule has 0 atom stereocenters. The number of anilines is 1. The van der Waals surface area contributed by atoms with Crippen molar-refractivity contribution >= 4 is 37.3 Å². The molecule has 0 fully saturated rings. The third kappa shape index (κ3) is 5.10. The molecule has 4 aromatic rings. The predicted molar refractivity (Wildman–Crippen MR) is 128 cm³/mol. The first-order valence-electron chi connectivity index (χ1n) is 9.96. The van der Waals surface area contributed by atoms with E-state index in [0.29, 0.717) is 28.2 Å². The van der Waals surface area contributed by atoms with Crippen molar-refractivity contribution in [3.8, 4) is 22.8 Å². The Labute approximate surface area is 206 Å². The maximum Gasteiger partial charge on any atom is 0.300 e. The van der Waals surface area contributed by atoms with Gasteiger partial charge in [-0.25, -0.2) is 27.2 Å². The first-order chi connectivity index (χ1) is 16.7. The van der Waals surface area contributed by atoms with Crippen LogP contribution in [0.1, 0.15) is 0 Å². The summed E-state index contributed by atoms with van der Waals surface area (Å²) in [5.74, 6) is -2.17. The number of benzene rings is 1. The fraction of sp³-hybridized carbons (Fsp3) is 0.136. The monoisotopic (exact) mass is 566 g/mol. The summed E-state index contributed by atoms with van der Waals surface area (Å²) in [5.41, 5.74) is 0.783. The summed E-state index contributed by atoms with van der Waals surface area (Å²) in [5, 5.41) is 0.535. The smallest absolute Gasteiger partial charge is 0.300 e. The molecule has 0 spiro atoms. The topological polar surface area (TPSA) is 112 Å². The molecular weight excluding hydrogens is 550 g/mol. The van der Waals surface area contributed by atoms with E-state index in [1.165, 1.54) is 36.2 Å². The Balaban J connectivity index is 1.75. The lowest BCUT2D eigenvalue weighted by molar-refractivity contribution is 0.338. The molecule has 13 heteroatoms. The number of alkyl halides is 1. The van der Waals surface area contributed by atoms with Gasteiger partial charge in [-0.1, -0.05) is 15.9 Å². The van der Waals surface area contributed by atoms with Crippen LogP contribution < -0.4 is 19.8 Å². The van der Waals surface area contributed by atoms with Crippen molar-refractivity contribution in [3.05, 3.63) is 77.0 Å². The highest BCUT2D eigenvalue weighted by molar-refractivity contribution is 9.09. The predicted octanol–water partition coefficient (Wildman–Crippen LogP) is 3.62. The maximum atomic E-state index is 14.1. The number of hydrogen-bond donors (Lipinski definition) is 1. The molecule has 1 aromatic carbocycles. The molecule has 9 nitrogen and oxygen atoms in total. The Morgan fingerprint density at radius 2 is 1.89 bits per heavy atom. The van der Waals surface area contributed by atoms with E-state index in [1.807, 2.05) is 0 Å². The van der Waals surface area contributed by atoms with Crippen molar-refractivity contribution < 1.29 is 26.7 Å². The average Bonchev–Trinajstić information content (AvgIpc) is 2.83. The lowest BCUT2D eigenvalue weighted by Gasteiger charge is -2.13. The molecule has 0 aliphatic carbocycles. The lowest BCUT2D eigenvalue weighted by Crippen LogP contribution is -2.18. The molecule has 0 saturated heterocycles. The highest BCUT2D eigenvalue weighted by Crippen LogP contribution is 2.30. The molecule has 0 aliphatic heterocycles. The number of nitrogens with zero attached hydrogens (tertiary/aromatic N) is 3. The van der Waals surface area contributed by atoms with Crippen molar-refractivity contribution in [1.82, 2.24) is 14.4 Å². The van der Waals surface area contributed by atoms with Gasteiger partial charge in [-0.2, -0.15) is 0 Å². The number of ether oxygens (including phenoxy) is 2. The second-order valence-corrected chi connectivity index (χ2v) is 9.52. The molecule has 3 heterocycles. The highest BCUT2D eigenvalue weighted by Gasteiger charge is 2.22. The Morgan fingerprint density at radius 1 is 1.09 bits per heavy atom. The molecule has 182 valence electrons.